The van der Waals surface area contributed by atoms with Gasteiger partial charge in [0.2, 0.25) is 0 Å². The number of rotatable bonds is 4. The molecule has 3 nitrogen and oxygen atoms in total. The summed E-state index contributed by atoms with van der Waals surface area (Å²) in [4.78, 5) is 10.5. The van der Waals surface area contributed by atoms with Gasteiger partial charge in [-0.15, -0.1) is 0 Å². The maximum Gasteiger partial charge on any atom is 0.387 e. The Kier molecular flexibility index (Phi) is 3.76. The van der Waals surface area contributed by atoms with Crippen molar-refractivity contribution >= 4 is 5.97 Å². The van der Waals surface area contributed by atoms with Gasteiger partial charge in [-0.3, -0.25) is 4.79 Å². The Hall–Kier alpha value is -1.72. The van der Waals surface area contributed by atoms with Crippen LogP contribution in [0.25, 0.3) is 0 Å². The molecule has 0 spiro atoms. The third-order valence-electron chi connectivity index (χ3n) is 1.99. The van der Waals surface area contributed by atoms with Crippen LogP contribution in [0.5, 0.6) is 5.75 Å². The van der Waals surface area contributed by atoms with Crippen molar-refractivity contribution < 1.29 is 27.8 Å². The Morgan fingerprint density at radius 1 is 1.50 bits per heavy atom. The fourth-order valence-electron chi connectivity index (χ4n) is 1.25. The minimum absolute atomic E-state index is 0.148. The average molecular weight is 234 g/mol. The van der Waals surface area contributed by atoms with E-state index in [9.17, 15) is 18.0 Å². The second-order valence-corrected chi connectivity index (χ2v) is 3.12. The van der Waals surface area contributed by atoms with Crippen LogP contribution < -0.4 is 4.74 Å². The number of ether oxygens (including phenoxy) is 1. The van der Waals surface area contributed by atoms with E-state index in [2.05, 4.69) is 4.74 Å². The second-order valence-electron chi connectivity index (χ2n) is 3.12. The predicted octanol–water partition coefficient (Wildman–Crippen LogP) is 2.36. The minimum atomic E-state index is -3.14. The average Bonchev–Trinajstić information content (AvgIpc) is 2.16. The first-order valence-electron chi connectivity index (χ1n) is 4.36. The number of carbonyl (C=O) groups is 1. The van der Waals surface area contributed by atoms with Gasteiger partial charge in [0.15, 0.2) is 11.6 Å². The maximum absolute atomic E-state index is 13.5. The van der Waals surface area contributed by atoms with E-state index < -0.39 is 30.6 Å². The van der Waals surface area contributed by atoms with Crippen molar-refractivity contribution in [3.05, 3.63) is 29.1 Å². The lowest BCUT2D eigenvalue weighted by atomic mass is 10.0. The van der Waals surface area contributed by atoms with Crippen LogP contribution in [0.4, 0.5) is 13.2 Å². The van der Waals surface area contributed by atoms with E-state index in [1.54, 1.807) is 0 Å². The van der Waals surface area contributed by atoms with Gasteiger partial charge in [-0.25, -0.2) is 4.39 Å². The van der Waals surface area contributed by atoms with Crippen molar-refractivity contribution in [2.75, 3.05) is 0 Å². The van der Waals surface area contributed by atoms with Gasteiger partial charge in [0, 0.05) is 5.56 Å². The first-order valence-corrected chi connectivity index (χ1v) is 4.36. The van der Waals surface area contributed by atoms with Crippen molar-refractivity contribution in [1.29, 1.82) is 0 Å². The van der Waals surface area contributed by atoms with E-state index in [0.717, 1.165) is 6.07 Å². The predicted molar refractivity (Wildman–Crippen MR) is 49.1 cm³/mol. The molecule has 0 radical (unpaired) electrons. The van der Waals surface area contributed by atoms with Gasteiger partial charge < -0.3 is 9.84 Å². The summed E-state index contributed by atoms with van der Waals surface area (Å²) in [6, 6.07) is 2.38. The molecule has 0 aliphatic heterocycles. The fraction of sp³-hybridized carbons (Fsp3) is 0.300. The van der Waals surface area contributed by atoms with Crippen LogP contribution in [0.15, 0.2) is 12.1 Å². The quantitative estimate of drug-likeness (QED) is 0.869. The van der Waals surface area contributed by atoms with Crippen LogP contribution in [-0.2, 0) is 11.2 Å². The number of aryl methyl sites for hydroxylation is 1. The smallest absolute Gasteiger partial charge is 0.387 e. The summed E-state index contributed by atoms with van der Waals surface area (Å²) < 4.78 is 41.2. The molecule has 0 saturated carbocycles. The first kappa shape index (κ1) is 12.4. The summed E-state index contributed by atoms with van der Waals surface area (Å²) >= 11 is 0. The van der Waals surface area contributed by atoms with Gasteiger partial charge in [-0.2, -0.15) is 8.78 Å². The first-order chi connectivity index (χ1) is 7.41. The molecule has 1 aromatic carbocycles. The van der Waals surface area contributed by atoms with Crippen LogP contribution in [0.3, 0.4) is 0 Å². The summed E-state index contributed by atoms with van der Waals surface area (Å²) in [5.41, 5.74) is 0.229. The molecule has 0 fully saturated rings. The Morgan fingerprint density at radius 3 is 2.62 bits per heavy atom. The Morgan fingerprint density at radius 2 is 2.12 bits per heavy atom. The summed E-state index contributed by atoms with van der Waals surface area (Å²) in [5.74, 6) is -2.93. The van der Waals surface area contributed by atoms with Crippen LogP contribution in [0, 0.1) is 12.7 Å². The molecular formula is C10H9F3O3. The second kappa shape index (κ2) is 4.87. The van der Waals surface area contributed by atoms with Crippen LogP contribution in [-0.4, -0.2) is 17.7 Å². The summed E-state index contributed by atoms with van der Waals surface area (Å²) in [6.07, 6.45) is -0.571. The molecule has 0 aromatic heterocycles. The number of aliphatic carboxylic acids is 1. The van der Waals surface area contributed by atoms with Crippen molar-refractivity contribution in [2.45, 2.75) is 20.0 Å². The number of hydrogen-bond donors (Lipinski definition) is 1. The fourth-order valence-corrected chi connectivity index (χ4v) is 1.25. The zero-order chi connectivity index (χ0) is 12.3. The Balaban J connectivity index is 3.10. The molecule has 0 aliphatic rings. The monoisotopic (exact) mass is 234 g/mol. The normalized spacial score (nSPS) is 10.6. The minimum Gasteiger partial charge on any atom is -0.481 e. The number of alkyl halides is 2. The van der Waals surface area contributed by atoms with Crippen molar-refractivity contribution in [2.24, 2.45) is 0 Å². The van der Waals surface area contributed by atoms with Gasteiger partial charge in [0.05, 0.1) is 6.42 Å². The van der Waals surface area contributed by atoms with Crippen LogP contribution in [0.1, 0.15) is 11.1 Å². The molecule has 0 unspecified atom stereocenters. The van der Waals surface area contributed by atoms with E-state index in [0.29, 0.717) is 5.56 Å². The third-order valence-corrected chi connectivity index (χ3v) is 1.99. The number of hydrogen-bond acceptors (Lipinski definition) is 2. The highest BCUT2D eigenvalue weighted by Gasteiger charge is 2.17. The van der Waals surface area contributed by atoms with Gasteiger partial charge in [-0.1, -0.05) is 6.07 Å². The summed E-state index contributed by atoms with van der Waals surface area (Å²) in [5, 5.41) is 8.53. The van der Waals surface area contributed by atoms with E-state index >= 15 is 0 Å². The molecule has 0 aliphatic carbocycles. The van der Waals surface area contributed by atoms with Gasteiger partial charge >= 0.3 is 12.6 Å². The standard InChI is InChI=1S/C10H9F3O3/c1-5-2-3-7(16-10(12)13)9(11)6(5)4-8(14)15/h2-3,10H,4H2,1H3,(H,14,15). The zero-order valence-corrected chi connectivity index (χ0v) is 8.34. The number of halogens is 3. The van der Waals surface area contributed by atoms with Crippen molar-refractivity contribution in [3.8, 4) is 5.75 Å². The Labute approximate surface area is 89.5 Å². The lowest BCUT2D eigenvalue weighted by Gasteiger charge is -2.10. The molecule has 0 amide bonds. The zero-order valence-electron chi connectivity index (χ0n) is 8.34. The molecule has 1 N–H and O–H groups in total. The third kappa shape index (κ3) is 2.88. The van der Waals surface area contributed by atoms with Crippen molar-refractivity contribution in [1.82, 2.24) is 0 Å². The molecule has 88 valence electrons. The highest BCUT2D eigenvalue weighted by Crippen LogP contribution is 2.25. The molecule has 1 aromatic rings. The number of carboxylic acid groups (broad SMARTS) is 1. The molecule has 1 rings (SSSR count). The topological polar surface area (TPSA) is 46.5 Å². The molecule has 0 heterocycles. The highest BCUT2D eigenvalue weighted by atomic mass is 19.3. The SMILES string of the molecule is Cc1ccc(OC(F)F)c(F)c1CC(=O)O. The maximum atomic E-state index is 13.5. The van der Waals surface area contributed by atoms with Gasteiger partial charge in [0.25, 0.3) is 0 Å². The van der Waals surface area contributed by atoms with Crippen molar-refractivity contribution in [3.63, 3.8) is 0 Å². The van der Waals surface area contributed by atoms with E-state index in [4.69, 9.17) is 5.11 Å². The molecule has 0 saturated heterocycles. The summed E-state index contributed by atoms with van der Waals surface area (Å²) in [6.45, 7) is -1.65. The largest absolute Gasteiger partial charge is 0.481 e. The Bertz CT molecular complexity index is 405. The van der Waals surface area contributed by atoms with Gasteiger partial charge in [-0.05, 0) is 18.6 Å². The molecule has 16 heavy (non-hydrogen) atoms. The van der Waals surface area contributed by atoms with E-state index in [1.807, 2.05) is 0 Å². The number of carboxylic acids is 1. The lowest BCUT2D eigenvalue weighted by Crippen LogP contribution is -2.09. The molecule has 0 atom stereocenters. The molecule has 0 bridgehead atoms. The van der Waals surface area contributed by atoms with E-state index in [1.165, 1.54) is 13.0 Å². The summed E-state index contributed by atoms with van der Waals surface area (Å²) in [7, 11) is 0. The highest BCUT2D eigenvalue weighted by molar-refractivity contribution is 5.71. The van der Waals surface area contributed by atoms with Gasteiger partial charge in [0.1, 0.15) is 0 Å². The van der Waals surface area contributed by atoms with Crippen LogP contribution >= 0.6 is 0 Å². The lowest BCUT2D eigenvalue weighted by molar-refractivity contribution is -0.136. The number of benzene rings is 1. The molecule has 6 heteroatoms. The van der Waals surface area contributed by atoms with Crippen LogP contribution in [0.2, 0.25) is 0 Å². The van der Waals surface area contributed by atoms with E-state index in [-0.39, 0.29) is 5.56 Å². The molecular weight excluding hydrogens is 225 g/mol.